The minimum absolute atomic E-state index is 0.00443. The van der Waals surface area contributed by atoms with E-state index in [0.717, 1.165) is 0 Å². The van der Waals surface area contributed by atoms with E-state index in [1.54, 1.807) is 11.6 Å². The van der Waals surface area contributed by atoms with E-state index in [0.29, 0.717) is 35.3 Å². The van der Waals surface area contributed by atoms with Gasteiger partial charge in [0.1, 0.15) is 5.15 Å². The Balaban J connectivity index is 2.14. The maximum Gasteiger partial charge on any atom is 0.256 e. The molecule has 1 N–H and O–H groups in total. The zero-order valence-electron chi connectivity index (χ0n) is 12.4. The third-order valence-corrected chi connectivity index (χ3v) is 5.55. The number of hydrogen-bond donors (Lipinski definition) is 1. The van der Waals surface area contributed by atoms with Crippen molar-refractivity contribution in [2.24, 2.45) is 5.92 Å². The number of halogens is 1. The standard InChI is InChI=1S/C13H20ClN3O3S/c1-8(2)6-17-12(14)11(9(3)16-17)13(18)15-10-4-5-21(19,20)7-10/h8,10H,4-7H2,1-3H3,(H,15,18)/t10-/m1/s1. The van der Waals surface area contributed by atoms with Gasteiger partial charge in [-0.1, -0.05) is 25.4 Å². The van der Waals surface area contributed by atoms with Crippen LogP contribution in [0.1, 0.15) is 36.3 Å². The summed E-state index contributed by atoms with van der Waals surface area (Å²) in [5, 5.41) is 7.33. The van der Waals surface area contributed by atoms with Gasteiger partial charge in [0.05, 0.1) is 22.8 Å². The van der Waals surface area contributed by atoms with Gasteiger partial charge in [0.25, 0.3) is 5.91 Å². The Morgan fingerprint density at radius 3 is 2.71 bits per heavy atom. The molecule has 2 rings (SSSR count). The molecule has 1 aliphatic rings. The number of aromatic nitrogens is 2. The van der Waals surface area contributed by atoms with Gasteiger partial charge in [-0.15, -0.1) is 0 Å². The van der Waals surface area contributed by atoms with Crippen LogP contribution in [0.4, 0.5) is 0 Å². The lowest BCUT2D eigenvalue weighted by molar-refractivity contribution is 0.0940. The molecule has 118 valence electrons. The lowest BCUT2D eigenvalue weighted by Crippen LogP contribution is -2.35. The van der Waals surface area contributed by atoms with Crippen LogP contribution in [0.15, 0.2) is 0 Å². The van der Waals surface area contributed by atoms with Gasteiger partial charge in [-0.2, -0.15) is 5.10 Å². The van der Waals surface area contributed by atoms with Crippen LogP contribution in [-0.4, -0.2) is 41.7 Å². The van der Waals surface area contributed by atoms with E-state index < -0.39 is 9.84 Å². The number of aryl methyl sites for hydroxylation is 1. The van der Waals surface area contributed by atoms with Crippen LogP contribution >= 0.6 is 11.6 Å². The van der Waals surface area contributed by atoms with E-state index >= 15 is 0 Å². The summed E-state index contributed by atoms with van der Waals surface area (Å²) in [5.41, 5.74) is 0.889. The number of nitrogens with zero attached hydrogens (tertiary/aromatic N) is 2. The number of nitrogens with one attached hydrogen (secondary N) is 1. The number of hydrogen-bond acceptors (Lipinski definition) is 4. The topological polar surface area (TPSA) is 81.1 Å². The molecule has 1 atom stereocenters. The van der Waals surface area contributed by atoms with E-state index in [1.165, 1.54) is 0 Å². The van der Waals surface area contributed by atoms with Gasteiger partial charge < -0.3 is 5.32 Å². The Labute approximate surface area is 129 Å². The third kappa shape index (κ3) is 3.77. The molecule has 1 aromatic rings. The van der Waals surface area contributed by atoms with E-state index in [1.807, 2.05) is 13.8 Å². The highest BCUT2D eigenvalue weighted by molar-refractivity contribution is 7.91. The zero-order chi connectivity index (χ0) is 15.8. The molecular formula is C13H20ClN3O3S. The minimum atomic E-state index is -3.02. The van der Waals surface area contributed by atoms with Crippen LogP contribution in [0, 0.1) is 12.8 Å². The molecule has 21 heavy (non-hydrogen) atoms. The fraction of sp³-hybridized carbons (Fsp3) is 0.692. The maximum atomic E-state index is 12.3. The molecule has 1 fully saturated rings. The molecule has 0 bridgehead atoms. The average Bonchev–Trinajstić information content (AvgIpc) is 2.79. The molecule has 0 aliphatic carbocycles. The number of amides is 1. The fourth-order valence-corrected chi connectivity index (χ4v) is 4.45. The summed E-state index contributed by atoms with van der Waals surface area (Å²) in [6, 6.07) is -0.341. The lowest BCUT2D eigenvalue weighted by atomic mass is 10.2. The highest BCUT2D eigenvalue weighted by atomic mass is 35.5. The second kappa shape index (κ2) is 5.96. The van der Waals surface area contributed by atoms with Crippen LogP contribution in [0.5, 0.6) is 0 Å². The molecule has 0 spiro atoms. The van der Waals surface area contributed by atoms with Gasteiger partial charge in [-0.25, -0.2) is 8.42 Å². The van der Waals surface area contributed by atoms with Gasteiger partial charge in [0.2, 0.25) is 0 Å². The molecule has 0 radical (unpaired) electrons. The summed E-state index contributed by atoms with van der Waals surface area (Å²) in [7, 11) is -3.02. The highest BCUT2D eigenvalue weighted by Crippen LogP contribution is 2.21. The van der Waals surface area contributed by atoms with E-state index in [4.69, 9.17) is 11.6 Å². The molecule has 6 nitrogen and oxygen atoms in total. The van der Waals surface area contributed by atoms with Crippen molar-refractivity contribution >= 4 is 27.3 Å². The first-order valence-corrected chi connectivity index (χ1v) is 9.13. The van der Waals surface area contributed by atoms with Crippen molar-refractivity contribution in [2.75, 3.05) is 11.5 Å². The SMILES string of the molecule is Cc1nn(CC(C)C)c(Cl)c1C(=O)N[C@@H]1CCS(=O)(=O)C1. The average molecular weight is 334 g/mol. The number of carbonyl (C=O) groups is 1. The van der Waals surface area contributed by atoms with Crippen molar-refractivity contribution in [2.45, 2.75) is 39.8 Å². The van der Waals surface area contributed by atoms with Crippen molar-refractivity contribution in [1.82, 2.24) is 15.1 Å². The fourth-order valence-electron chi connectivity index (χ4n) is 2.44. The molecule has 1 amide bonds. The van der Waals surface area contributed by atoms with Crippen molar-refractivity contribution in [3.8, 4) is 0 Å². The molecule has 1 saturated heterocycles. The lowest BCUT2D eigenvalue weighted by Gasteiger charge is -2.11. The summed E-state index contributed by atoms with van der Waals surface area (Å²) in [6.45, 7) is 6.43. The minimum Gasteiger partial charge on any atom is -0.348 e. The van der Waals surface area contributed by atoms with E-state index in [-0.39, 0.29) is 23.5 Å². The molecular weight excluding hydrogens is 314 g/mol. The van der Waals surface area contributed by atoms with Gasteiger partial charge in [-0.3, -0.25) is 9.48 Å². The summed E-state index contributed by atoms with van der Waals surface area (Å²) in [6.07, 6.45) is 0.449. The molecule has 8 heteroatoms. The van der Waals surface area contributed by atoms with Crippen LogP contribution in [0.25, 0.3) is 0 Å². The Morgan fingerprint density at radius 1 is 1.52 bits per heavy atom. The van der Waals surface area contributed by atoms with Crippen LogP contribution < -0.4 is 5.32 Å². The van der Waals surface area contributed by atoms with E-state index in [2.05, 4.69) is 10.4 Å². The first-order valence-electron chi connectivity index (χ1n) is 6.94. The Hall–Kier alpha value is -1.08. The van der Waals surface area contributed by atoms with Gasteiger partial charge in [0, 0.05) is 12.6 Å². The maximum absolute atomic E-state index is 12.3. The molecule has 0 saturated carbocycles. The number of rotatable bonds is 4. The van der Waals surface area contributed by atoms with Crippen molar-refractivity contribution in [3.05, 3.63) is 16.4 Å². The largest absolute Gasteiger partial charge is 0.348 e. The van der Waals surface area contributed by atoms with Gasteiger partial charge in [0.15, 0.2) is 9.84 Å². The third-order valence-electron chi connectivity index (χ3n) is 3.40. The Kier molecular flexibility index (Phi) is 4.63. The smallest absolute Gasteiger partial charge is 0.256 e. The number of carbonyl (C=O) groups excluding carboxylic acids is 1. The second-order valence-corrected chi connectivity index (χ2v) is 8.49. The Bertz CT molecular complexity index is 652. The first kappa shape index (κ1) is 16.3. The van der Waals surface area contributed by atoms with Crippen molar-refractivity contribution in [1.29, 1.82) is 0 Å². The second-order valence-electron chi connectivity index (χ2n) is 5.90. The Morgan fingerprint density at radius 2 is 2.19 bits per heavy atom. The van der Waals surface area contributed by atoms with Gasteiger partial charge >= 0.3 is 0 Å². The molecule has 1 aliphatic heterocycles. The summed E-state index contributed by atoms with van der Waals surface area (Å²) in [5.74, 6) is 0.125. The van der Waals surface area contributed by atoms with Crippen LogP contribution in [-0.2, 0) is 16.4 Å². The monoisotopic (exact) mass is 333 g/mol. The molecule has 1 aromatic heterocycles. The van der Waals surface area contributed by atoms with Crippen LogP contribution in [0.3, 0.4) is 0 Å². The van der Waals surface area contributed by atoms with E-state index in [9.17, 15) is 13.2 Å². The highest BCUT2D eigenvalue weighted by Gasteiger charge is 2.30. The quantitative estimate of drug-likeness (QED) is 0.903. The van der Waals surface area contributed by atoms with Crippen molar-refractivity contribution in [3.63, 3.8) is 0 Å². The summed E-state index contributed by atoms with van der Waals surface area (Å²) in [4.78, 5) is 12.3. The number of sulfone groups is 1. The zero-order valence-corrected chi connectivity index (χ0v) is 14.0. The normalized spacial score (nSPS) is 20.9. The van der Waals surface area contributed by atoms with Crippen LogP contribution in [0.2, 0.25) is 5.15 Å². The van der Waals surface area contributed by atoms with Crippen molar-refractivity contribution < 1.29 is 13.2 Å². The van der Waals surface area contributed by atoms with Gasteiger partial charge in [-0.05, 0) is 19.3 Å². The predicted octanol–water partition coefficient (Wildman–Crippen LogP) is 1.42. The predicted molar refractivity (Wildman–Crippen MR) is 81.3 cm³/mol. The molecule has 0 aromatic carbocycles. The molecule has 2 heterocycles. The summed E-state index contributed by atoms with van der Waals surface area (Å²) >= 11 is 6.23. The molecule has 0 unspecified atom stereocenters. The summed E-state index contributed by atoms with van der Waals surface area (Å²) < 4.78 is 24.5. The first-order chi connectivity index (χ1) is 9.69.